The Kier molecular flexibility index (Phi) is 3.14. The molecule has 1 N–H and O–H groups in total. The maximum atomic E-state index is 10.0. The number of hydrogen-bond donors (Lipinski definition) is 1. The SMILES string of the molecule is COc1cccnc1-c1cccc(OC)c1O. The highest BCUT2D eigenvalue weighted by Crippen LogP contribution is 2.39. The fraction of sp³-hybridized carbons (Fsp3) is 0.154. The van der Waals surface area contributed by atoms with Gasteiger partial charge in [0.2, 0.25) is 0 Å². The number of phenolic OH excluding ortho intramolecular Hbond substituents is 1. The standard InChI is InChI=1S/C13H13NO3/c1-16-10-7-4-8-14-12(10)9-5-3-6-11(17-2)13(9)15/h3-8,15H,1-2H3. The normalized spacial score (nSPS) is 10.0. The Morgan fingerprint density at radius 2 is 1.71 bits per heavy atom. The zero-order valence-corrected chi connectivity index (χ0v) is 9.68. The van der Waals surface area contributed by atoms with E-state index in [1.807, 2.05) is 0 Å². The molecule has 0 spiro atoms. The summed E-state index contributed by atoms with van der Waals surface area (Å²) in [6.45, 7) is 0. The highest BCUT2D eigenvalue weighted by atomic mass is 16.5. The van der Waals surface area contributed by atoms with E-state index in [1.54, 1.807) is 43.6 Å². The van der Waals surface area contributed by atoms with Crippen molar-refractivity contribution in [1.29, 1.82) is 0 Å². The van der Waals surface area contributed by atoms with Crippen LogP contribution in [0, 0.1) is 0 Å². The molecule has 0 unspecified atom stereocenters. The van der Waals surface area contributed by atoms with Gasteiger partial charge in [-0.05, 0) is 24.3 Å². The molecule has 88 valence electrons. The Balaban J connectivity index is 2.60. The molecule has 0 saturated heterocycles. The highest BCUT2D eigenvalue weighted by molar-refractivity contribution is 5.74. The summed E-state index contributed by atoms with van der Waals surface area (Å²) < 4.78 is 10.3. The summed E-state index contributed by atoms with van der Waals surface area (Å²) in [6, 6.07) is 8.82. The fourth-order valence-corrected chi connectivity index (χ4v) is 1.64. The summed E-state index contributed by atoms with van der Waals surface area (Å²) in [4.78, 5) is 4.22. The average Bonchev–Trinajstić information content (AvgIpc) is 2.39. The third kappa shape index (κ3) is 2.01. The first-order chi connectivity index (χ1) is 8.27. The van der Waals surface area contributed by atoms with Crippen LogP contribution in [0.15, 0.2) is 36.5 Å². The van der Waals surface area contributed by atoms with E-state index in [2.05, 4.69) is 4.98 Å². The van der Waals surface area contributed by atoms with Crippen LogP contribution in [0.1, 0.15) is 0 Å². The molecule has 0 aliphatic rings. The third-order valence-corrected chi connectivity index (χ3v) is 2.46. The van der Waals surface area contributed by atoms with Crippen molar-refractivity contribution in [2.45, 2.75) is 0 Å². The van der Waals surface area contributed by atoms with Gasteiger partial charge in [-0.2, -0.15) is 0 Å². The predicted octanol–water partition coefficient (Wildman–Crippen LogP) is 2.47. The Hall–Kier alpha value is -2.23. The molecule has 0 aliphatic heterocycles. The molecule has 0 amide bonds. The minimum absolute atomic E-state index is 0.0620. The average molecular weight is 231 g/mol. The van der Waals surface area contributed by atoms with Gasteiger partial charge in [-0.3, -0.25) is 4.98 Å². The lowest BCUT2D eigenvalue weighted by Crippen LogP contribution is -1.92. The molecule has 0 aliphatic carbocycles. The molecule has 1 heterocycles. The van der Waals surface area contributed by atoms with Crippen molar-refractivity contribution < 1.29 is 14.6 Å². The summed E-state index contributed by atoms with van der Waals surface area (Å²) in [5.41, 5.74) is 1.17. The molecule has 4 heteroatoms. The molecular formula is C13H13NO3. The molecule has 0 saturated carbocycles. The van der Waals surface area contributed by atoms with Crippen LogP contribution in [0.2, 0.25) is 0 Å². The lowest BCUT2D eigenvalue weighted by Gasteiger charge is -2.10. The first-order valence-corrected chi connectivity index (χ1v) is 5.13. The van der Waals surface area contributed by atoms with E-state index in [0.717, 1.165) is 0 Å². The molecule has 1 aromatic heterocycles. The molecule has 4 nitrogen and oxygen atoms in total. The van der Waals surface area contributed by atoms with E-state index in [9.17, 15) is 5.11 Å². The number of hydrogen-bond acceptors (Lipinski definition) is 4. The van der Waals surface area contributed by atoms with Crippen molar-refractivity contribution in [3.05, 3.63) is 36.5 Å². The zero-order chi connectivity index (χ0) is 12.3. The van der Waals surface area contributed by atoms with Gasteiger partial charge in [0.15, 0.2) is 11.5 Å². The topological polar surface area (TPSA) is 51.6 Å². The lowest BCUT2D eigenvalue weighted by atomic mass is 10.1. The van der Waals surface area contributed by atoms with E-state index in [1.165, 1.54) is 7.11 Å². The van der Waals surface area contributed by atoms with Crippen LogP contribution in [0.5, 0.6) is 17.2 Å². The summed E-state index contributed by atoms with van der Waals surface area (Å²) in [7, 11) is 3.08. The molecule has 0 bridgehead atoms. The van der Waals surface area contributed by atoms with E-state index in [4.69, 9.17) is 9.47 Å². The van der Waals surface area contributed by atoms with Gasteiger partial charge in [0.25, 0.3) is 0 Å². The number of pyridine rings is 1. The number of methoxy groups -OCH3 is 2. The Morgan fingerprint density at radius 1 is 1.00 bits per heavy atom. The first-order valence-electron chi connectivity index (χ1n) is 5.13. The van der Waals surface area contributed by atoms with Crippen LogP contribution in [-0.4, -0.2) is 24.3 Å². The quantitative estimate of drug-likeness (QED) is 0.881. The zero-order valence-electron chi connectivity index (χ0n) is 9.68. The largest absolute Gasteiger partial charge is 0.504 e. The first kappa shape index (κ1) is 11.3. The molecule has 0 radical (unpaired) electrons. The van der Waals surface area contributed by atoms with Crippen LogP contribution in [0.25, 0.3) is 11.3 Å². The van der Waals surface area contributed by atoms with Gasteiger partial charge in [-0.15, -0.1) is 0 Å². The monoisotopic (exact) mass is 231 g/mol. The van der Waals surface area contributed by atoms with E-state index in [-0.39, 0.29) is 5.75 Å². The number of ether oxygens (including phenoxy) is 2. The molecule has 17 heavy (non-hydrogen) atoms. The van der Waals surface area contributed by atoms with E-state index < -0.39 is 0 Å². The van der Waals surface area contributed by atoms with Crippen LogP contribution in [0.4, 0.5) is 0 Å². The van der Waals surface area contributed by atoms with Crippen LogP contribution in [-0.2, 0) is 0 Å². The Labute approximate surface area is 99.5 Å². The summed E-state index contributed by atoms with van der Waals surface area (Å²) in [5.74, 6) is 1.08. The lowest BCUT2D eigenvalue weighted by molar-refractivity contribution is 0.374. The van der Waals surface area contributed by atoms with Crippen molar-refractivity contribution in [2.75, 3.05) is 14.2 Å². The van der Waals surface area contributed by atoms with Crippen molar-refractivity contribution in [3.8, 4) is 28.5 Å². The van der Waals surface area contributed by atoms with Gasteiger partial charge < -0.3 is 14.6 Å². The minimum atomic E-state index is 0.0620. The number of aromatic hydroxyl groups is 1. The number of benzene rings is 1. The predicted molar refractivity (Wildman–Crippen MR) is 64.4 cm³/mol. The van der Waals surface area contributed by atoms with Crippen molar-refractivity contribution >= 4 is 0 Å². The number of aromatic nitrogens is 1. The molecule has 1 aromatic carbocycles. The minimum Gasteiger partial charge on any atom is -0.504 e. The van der Waals surface area contributed by atoms with E-state index in [0.29, 0.717) is 22.8 Å². The number of nitrogens with zero attached hydrogens (tertiary/aromatic N) is 1. The molecular weight excluding hydrogens is 218 g/mol. The number of rotatable bonds is 3. The summed E-state index contributed by atoms with van der Waals surface area (Å²) >= 11 is 0. The van der Waals surface area contributed by atoms with Crippen LogP contribution >= 0.6 is 0 Å². The number of para-hydroxylation sites is 1. The van der Waals surface area contributed by atoms with Gasteiger partial charge in [-0.25, -0.2) is 0 Å². The third-order valence-electron chi connectivity index (χ3n) is 2.46. The van der Waals surface area contributed by atoms with Gasteiger partial charge in [-0.1, -0.05) is 6.07 Å². The van der Waals surface area contributed by atoms with Crippen molar-refractivity contribution in [1.82, 2.24) is 4.98 Å². The highest BCUT2D eigenvalue weighted by Gasteiger charge is 2.14. The Morgan fingerprint density at radius 3 is 2.41 bits per heavy atom. The van der Waals surface area contributed by atoms with Crippen LogP contribution < -0.4 is 9.47 Å². The molecule has 2 aromatic rings. The van der Waals surface area contributed by atoms with Gasteiger partial charge >= 0.3 is 0 Å². The van der Waals surface area contributed by atoms with Crippen molar-refractivity contribution in [3.63, 3.8) is 0 Å². The number of phenols is 1. The van der Waals surface area contributed by atoms with E-state index >= 15 is 0 Å². The maximum Gasteiger partial charge on any atom is 0.167 e. The Bertz CT molecular complexity index is 526. The fourth-order valence-electron chi connectivity index (χ4n) is 1.64. The smallest absolute Gasteiger partial charge is 0.167 e. The van der Waals surface area contributed by atoms with Gasteiger partial charge in [0, 0.05) is 11.8 Å². The van der Waals surface area contributed by atoms with Crippen molar-refractivity contribution in [2.24, 2.45) is 0 Å². The second-order valence-electron chi connectivity index (χ2n) is 3.41. The van der Waals surface area contributed by atoms with Gasteiger partial charge in [0.1, 0.15) is 11.4 Å². The summed E-state index contributed by atoms with van der Waals surface area (Å²) in [5, 5.41) is 10.0. The molecule has 0 fully saturated rings. The summed E-state index contributed by atoms with van der Waals surface area (Å²) in [6.07, 6.45) is 1.65. The second-order valence-corrected chi connectivity index (χ2v) is 3.41. The van der Waals surface area contributed by atoms with Crippen LogP contribution in [0.3, 0.4) is 0 Å². The second kappa shape index (κ2) is 4.74. The molecule has 0 atom stereocenters. The molecule has 2 rings (SSSR count). The van der Waals surface area contributed by atoms with Gasteiger partial charge in [0.05, 0.1) is 14.2 Å². The maximum absolute atomic E-state index is 10.0.